The number of hydrogen-bond donors (Lipinski definition) is 1. The fourth-order valence-corrected chi connectivity index (χ4v) is 0.572. The van der Waals surface area contributed by atoms with Crippen molar-refractivity contribution < 1.29 is 13.9 Å². The Morgan fingerprint density at radius 3 is 2.70 bits per heavy atom. The molecule has 0 aliphatic rings. The first-order chi connectivity index (χ1) is 4.74. The summed E-state index contributed by atoms with van der Waals surface area (Å²) in [5.41, 5.74) is -0.0764. The van der Waals surface area contributed by atoms with Gasteiger partial charge < -0.3 is 5.11 Å². The number of rotatable bonds is 1. The van der Waals surface area contributed by atoms with E-state index in [1.54, 1.807) is 0 Å². The SMILES string of the molecule is OCc1cc(F)ncc1F. The molecule has 0 atom stereocenters. The maximum absolute atomic E-state index is 12.4. The molecule has 0 aliphatic carbocycles. The number of hydrogen-bond acceptors (Lipinski definition) is 2. The third kappa shape index (κ3) is 1.27. The molecular weight excluding hydrogens is 140 g/mol. The third-order valence-electron chi connectivity index (χ3n) is 1.07. The summed E-state index contributed by atoms with van der Waals surface area (Å²) >= 11 is 0. The Morgan fingerprint density at radius 2 is 2.20 bits per heavy atom. The molecule has 0 aromatic carbocycles. The molecule has 4 heteroatoms. The molecule has 1 aromatic heterocycles. The summed E-state index contributed by atoms with van der Waals surface area (Å²) in [4.78, 5) is 3.03. The highest BCUT2D eigenvalue weighted by Crippen LogP contribution is 2.05. The van der Waals surface area contributed by atoms with E-state index < -0.39 is 18.4 Å². The average Bonchev–Trinajstić information content (AvgIpc) is 1.94. The molecule has 2 nitrogen and oxygen atoms in total. The smallest absolute Gasteiger partial charge is 0.213 e. The van der Waals surface area contributed by atoms with Crippen LogP contribution in [0.25, 0.3) is 0 Å². The standard InChI is InChI=1S/C6H5F2NO/c7-5-2-9-6(8)1-4(5)3-10/h1-2,10H,3H2. The lowest BCUT2D eigenvalue weighted by Crippen LogP contribution is -1.93. The zero-order chi connectivity index (χ0) is 7.56. The normalized spacial score (nSPS) is 9.90. The highest BCUT2D eigenvalue weighted by Gasteiger charge is 2.01. The van der Waals surface area contributed by atoms with E-state index in [0.717, 1.165) is 12.3 Å². The predicted molar refractivity (Wildman–Crippen MR) is 30.1 cm³/mol. The van der Waals surface area contributed by atoms with Gasteiger partial charge in [-0.15, -0.1) is 0 Å². The molecule has 10 heavy (non-hydrogen) atoms. The monoisotopic (exact) mass is 145 g/mol. The van der Waals surface area contributed by atoms with Crippen molar-refractivity contribution in [2.75, 3.05) is 0 Å². The molecule has 54 valence electrons. The van der Waals surface area contributed by atoms with Crippen molar-refractivity contribution in [1.82, 2.24) is 4.98 Å². The fraction of sp³-hybridized carbons (Fsp3) is 0.167. The van der Waals surface area contributed by atoms with Crippen molar-refractivity contribution >= 4 is 0 Å². The number of pyridine rings is 1. The summed E-state index contributed by atoms with van der Waals surface area (Å²) in [5, 5.41) is 8.41. The van der Waals surface area contributed by atoms with Gasteiger partial charge in [-0.2, -0.15) is 4.39 Å². The molecule has 1 rings (SSSR count). The predicted octanol–water partition coefficient (Wildman–Crippen LogP) is 0.852. The van der Waals surface area contributed by atoms with Crippen molar-refractivity contribution in [2.24, 2.45) is 0 Å². The van der Waals surface area contributed by atoms with Gasteiger partial charge >= 0.3 is 0 Å². The Hall–Kier alpha value is -1.03. The lowest BCUT2D eigenvalue weighted by molar-refractivity contribution is 0.274. The Morgan fingerprint density at radius 1 is 1.50 bits per heavy atom. The molecular formula is C6H5F2NO. The molecule has 1 N–H and O–H groups in total. The van der Waals surface area contributed by atoms with Crippen LogP contribution in [0.4, 0.5) is 8.78 Å². The van der Waals surface area contributed by atoms with Crippen LogP contribution < -0.4 is 0 Å². The third-order valence-corrected chi connectivity index (χ3v) is 1.07. The molecule has 0 spiro atoms. The Labute approximate surface area is 56.1 Å². The van der Waals surface area contributed by atoms with Gasteiger partial charge in [-0.1, -0.05) is 0 Å². The quantitative estimate of drug-likeness (QED) is 0.594. The summed E-state index contributed by atoms with van der Waals surface area (Å²) in [6.45, 7) is -0.509. The highest BCUT2D eigenvalue weighted by atomic mass is 19.1. The number of aliphatic hydroxyl groups excluding tert-OH is 1. The lowest BCUT2D eigenvalue weighted by atomic mass is 10.3. The average molecular weight is 145 g/mol. The maximum Gasteiger partial charge on any atom is 0.213 e. The molecule has 0 saturated carbocycles. The molecule has 0 unspecified atom stereocenters. The molecule has 0 radical (unpaired) electrons. The van der Waals surface area contributed by atoms with Crippen LogP contribution in [-0.4, -0.2) is 10.1 Å². The van der Waals surface area contributed by atoms with Gasteiger partial charge in [0.25, 0.3) is 0 Å². The van der Waals surface area contributed by atoms with E-state index in [9.17, 15) is 8.78 Å². The number of halogens is 2. The summed E-state index contributed by atoms with van der Waals surface area (Å²) in [5.74, 6) is -1.48. The van der Waals surface area contributed by atoms with Gasteiger partial charge in [-0.3, -0.25) is 0 Å². The van der Waals surface area contributed by atoms with Crippen molar-refractivity contribution in [1.29, 1.82) is 0 Å². The topological polar surface area (TPSA) is 33.1 Å². The van der Waals surface area contributed by atoms with Gasteiger partial charge in [0.2, 0.25) is 5.95 Å². The first-order valence-corrected chi connectivity index (χ1v) is 2.65. The summed E-state index contributed by atoms with van der Waals surface area (Å²) in [6.07, 6.45) is 0.737. The van der Waals surface area contributed by atoms with E-state index in [4.69, 9.17) is 5.11 Å². The van der Waals surface area contributed by atoms with Crippen LogP contribution in [0.15, 0.2) is 12.3 Å². The largest absolute Gasteiger partial charge is 0.392 e. The number of aliphatic hydroxyl groups is 1. The van der Waals surface area contributed by atoms with E-state index >= 15 is 0 Å². The summed E-state index contributed by atoms with van der Waals surface area (Å²) in [7, 11) is 0. The molecule has 0 saturated heterocycles. The second-order valence-corrected chi connectivity index (χ2v) is 1.76. The van der Waals surface area contributed by atoms with Crippen LogP contribution in [0.1, 0.15) is 5.56 Å². The minimum atomic E-state index is -0.787. The molecule has 0 fully saturated rings. The minimum Gasteiger partial charge on any atom is -0.392 e. The summed E-state index contributed by atoms with van der Waals surface area (Å²) < 4.78 is 24.5. The van der Waals surface area contributed by atoms with E-state index in [2.05, 4.69) is 4.98 Å². The Kier molecular flexibility index (Phi) is 1.91. The van der Waals surface area contributed by atoms with E-state index in [0.29, 0.717) is 0 Å². The van der Waals surface area contributed by atoms with E-state index in [1.165, 1.54) is 0 Å². The van der Waals surface area contributed by atoms with E-state index in [1.807, 2.05) is 0 Å². The van der Waals surface area contributed by atoms with Crippen LogP contribution >= 0.6 is 0 Å². The van der Waals surface area contributed by atoms with Crippen LogP contribution in [0.3, 0.4) is 0 Å². The van der Waals surface area contributed by atoms with Crippen molar-refractivity contribution in [3.63, 3.8) is 0 Å². The van der Waals surface area contributed by atoms with Gasteiger partial charge in [-0.25, -0.2) is 9.37 Å². The first kappa shape index (κ1) is 7.08. The van der Waals surface area contributed by atoms with Gasteiger partial charge in [0.15, 0.2) is 0 Å². The molecule has 1 aromatic rings. The van der Waals surface area contributed by atoms with Crippen molar-refractivity contribution in [2.45, 2.75) is 6.61 Å². The van der Waals surface area contributed by atoms with Crippen LogP contribution in [-0.2, 0) is 6.61 Å². The Balaban J connectivity index is 3.09. The highest BCUT2D eigenvalue weighted by molar-refractivity contribution is 5.11. The molecule has 0 aliphatic heterocycles. The van der Waals surface area contributed by atoms with E-state index in [-0.39, 0.29) is 5.56 Å². The molecule has 0 amide bonds. The van der Waals surface area contributed by atoms with Crippen molar-refractivity contribution in [3.8, 4) is 0 Å². The van der Waals surface area contributed by atoms with Gasteiger partial charge in [0.05, 0.1) is 12.8 Å². The van der Waals surface area contributed by atoms with Gasteiger partial charge in [-0.05, 0) is 0 Å². The first-order valence-electron chi connectivity index (χ1n) is 2.65. The van der Waals surface area contributed by atoms with Gasteiger partial charge in [0.1, 0.15) is 5.82 Å². The lowest BCUT2D eigenvalue weighted by Gasteiger charge is -1.95. The second kappa shape index (κ2) is 2.70. The zero-order valence-electron chi connectivity index (χ0n) is 5.01. The molecule has 0 bridgehead atoms. The van der Waals surface area contributed by atoms with Crippen LogP contribution in [0.2, 0.25) is 0 Å². The number of aromatic nitrogens is 1. The maximum atomic E-state index is 12.4. The fourth-order valence-electron chi connectivity index (χ4n) is 0.572. The number of nitrogens with zero attached hydrogens (tertiary/aromatic N) is 1. The minimum absolute atomic E-state index is 0.0764. The van der Waals surface area contributed by atoms with Crippen LogP contribution in [0, 0.1) is 11.8 Å². The van der Waals surface area contributed by atoms with Crippen LogP contribution in [0.5, 0.6) is 0 Å². The Bertz CT molecular complexity index is 239. The molecule has 1 heterocycles. The second-order valence-electron chi connectivity index (χ2n) is 1.76. The van der Waals surface area contributed by atoms with Gasteiger partial charge in [0, 0.05) is 11.6 Å². The van der Waals surface area contributed by atoms with Crippen molar-refractivity contribution in [3.05, 3.63) is 29.6 Å². The summed E-state index contributed by atoms with van der Waals surface area (Å²) in [6, 6.07) is 0.856. The zero-order valence-corrected chi connectivity index (χ0v) is 5.01.